The molecule has 17 heavy (non-hydrogen) atoms. The zero-order valence-electron chi connectivity index (χ0n) is 10.3. The van der Waals surface area contributed by atoms with Gasteiger partial charge in [-0.25, -0.2) is 0 Å². The minimum Gasteiger partial charge on any atom is -0.317 e. The fourth-order valence-electron chi connectivity index (χ4n) is 2.87. The lowest BCUT2D eigenvalue weighted by molar-refractivity contribution is 0.435. The number of hydrogen-bond donors (Lipinski definition) is 1. The number of aromatic nitrogens is 2. The number of rotatable bonds is 2. The molecular weight excluding hydrogens is 210 g/mol. The van der Waals surface area contributed by atoms with E-state index < -0.39 is 0 Å². The average Bonchev–Trinajstić information content (AvgIpc) is 2.78. The average molecular weight is 229 g/mol. The van der Waals surface area contributed by atoms with Gasteiger partial charge in [0.15, 0.2) is 0 Å². The smallest absolute Gasteiger partial charge is 0.0926 e. The maximum absolute atomic E-state index is 4.70. The fourth-order valence-corrected chi connectivity index (χ4v) is 2.87. The Balaban J connectivity index is 2.11. The zero-order valence-corrected chi connectivity index (χ0v) is 10.3. The van der Waals surface area contributed by atoms with Gasteiger partial charge in [0.05, 0.1) is 5.52 Å². The van der Waals surface area contributed by atoms with Crippen molar-refractivity contribution in [1.29, 1.82) is 0 Å². The molecule has 1 saturated heterocycles. The summed E-state index contributed by atoms with van der Waals surface area (Å²) in [5, 5.41) is 9.48. The van der Waals surface area contributed by atoms with Gasteiger partial charge >= 0.3 is 0 Å². The number of piperidine rings is 1. The van der Waals surface area contributed by atoms with Crippen LogP contribution < -0.4 is 5.32 Å². The van der Waals surface area contributed by atoms with Crippen LogP contribution in [0.2, 0.25) is 0 Å². The van der Waals surface area contributed by atoms with Gasteiger partial charge in [0, 0.05) is 23.5 Å². The topological polar surface area (TPSA) is 29.9 Å². The molecule has 0 aliphatic carbocycles. The number of nitrogens with zero attached hydrogens (tertiary/aromatic N) is 2. The van der Waals surface area contributed by atoms with E-state index in [1.54, 1.807) is 0 Å². The number of hydrogen-bond acceptors (Lipinski definition) is 2. The molecule has 1 aromatic carbocycles. The highest BCUT2D eigenvalue weighted by molar-refractivity contribution is 5.82. The molecule has 1 aliphatic heterocycles. The molecule has 0 unspecified atom stereocenters. The quantitative estimate of drug-likeness (QED) is 0.857. The molecule has 2 heterocycles. The largest absolute Gasteiger partial charge is 0.317 e. The van der Waals surface area contributed by atoms with Crippen molar-refractivity contribution in [1.82, 2.24) is 15.1 Å². The fraction of sp³-hybridized carbons (Fsp3) is 0.500. The van der Waals surface area contributed by atoms with Crippen molar-refractivity contribution in [2.45, 2.75) is 32.2 Å². The van der Waals surface area contributed by atoms with E-state index >= 15 is 0 Å². The third-order valence-corrected chi connectivity index (χ3v) is 3.71. The van der Waals surface area contributed by atoms with Crippen LogP contribution in [0.25, 0.3) is 10.9 Å². The lowest BCUT2D eigenvalue weighted by Gasteiger charge is -2.23. The van der Waals surface area contributed by atoms with Crippen LogP contribution in [0.4, 0.5) is 0 Å². The lowest BCUT2D eigenvalue weighted by atomic mass is 9.92. The van der Waals surface area contributed by atoms with Crippen molar-refractivity contribution < 1.29 is 0 Å². The first-order chi connectivity index (χ1) is 8.40. The second-order valence-corrected chi connectivity index (χ2v) is 4.74. The predicted molar refractivity (Wildman–Crippen MR) is 70.3 cm³/mol. The Kier molecular flexibility index (Phi) is 2.85. The first kappa shape index (κ1) is 10.8. The molecule has 1 fully saturated rings. The molecule has 0 spiro atoms. The Morgan fingerprint density at radius 2 is 2.06 bits per heavy atom. The van der Waals surface area contributed by atoms with E-state index in [2.05, 4.69) is 41.2 Å². The first-order valence-electron chi connectivity index (χ1n) is 6.56. The molecule has 0 radical (unpaired) electrons. The molecular formula is C14H19N3. The summed E-state index contributed by atoms with van der Waals surface area (Å²) in [6.45, 7) is 5.41. The van der Waals surface area contributed by atoms with Crippen molar-refractivity contribution in [3.8, 4) is 0 Å². The van der Waals surface area contributed by atoms with Crippen LogP contribution in [0.15, 0.2) is 24.3 Å². The summed E-state index contributed by atoms with van der Waals surface area (Å²) in [4.78, 5) is 0. The highest BCUT2D eigenvalue weighted by atomic mass is 15.3. The molecule has 90 valence electrons. The summed E-state index contributed by atoms with van der Waals surface area (Å²) in [5.41, 5.74) is 2.59. The summed E-state index contributed by atoms with van der Waals surface area (Å²) in [6, 6.07) is 8.52. The van der Waals surface area contributed by atoms with Crippen LogP contribution in [-0.4, -0.2) is 22.9 Å². The standard InChI is InChI=1S/C14H19N3/c1-2-17-14(11-7-9-15-10-8-11)12-5-3-4-6-13(12)16-17/h3-6,11,15H,2,7-10H2,1H3. The molecule has 0 amide bonds. The Bertz CT molecular complexity index is 509. The van der Waals surface area contributed by atoms with Gasteiger partial charge in [-0.2, -0.15) is 5.10 Å². The van der Waals surface area contributed by atoms with E-state index in [1.807, 2.05) is 0 Å². The SMILES string of the molecule is CCn1nc2ccccc2c1C1CCNCC1. The summed E-state index contributed by atoms with van der Waals surface area (Å²) in [7, 11) is 0. The highest BCUT2D eigenvalue weighted by Gasteiger charge is 2.21. The number of aryl methyl sites for hydroxylation is 1. The maximum atomic E-state index is 4.70. The summed E-state index contributed by atoms with van der Waals surface area (Å²) < 4.78 is 2.20. The van der Waals surface area contributed by atoms with Gasteiger partial charge < -0.3 is 5.32 Å². The normalized spacial score (nSPS) is 17.7. The lowest BCUT2D eigenvalue weighted by Crippen LogP contribution is -2.27. The van der Waals surface area contributed by atoms with Crippen LogP contribution in [-0.2, 0) is 6.54 Å². The van der Waals surface area contributed by atoms with Gasteiger partial charge in [-0.3, -0.25) is 4.68 Å². The molecule has 1 N–H and O–H groups in total. The Labute approximate surface area is 102 Å². The van der Waals surface area contributed by atoms with Crippen LogP contribution in [0.3, 0.4) is 0 Å². The van der Waals surface area contributed by atoms with Crippen molar-refractivity contribution in [2.24, 2.45) is 0 Å². The zero-order chi connectivity index (χ0) is 11.7. The van der Waals surface area contributed by atoms with Crippen LogP contribution in [0.1, 0.15) is 31.4 Å². The third-order valence-electron chi connectivity index (χ3n) is 3.71. The van der Waals surface area contributed by atoms with Gasteiger partial charge in [0.2, 0.25) is 0 Å². The van der Waals surface area contributed by atoms with E-state index in [1.165, 1.54) is 23.9 Å². The predicted octanol–water partition coefficient (Wildman–Crippen LogP) is 2.52. The van der Waals surface area contributed by atoms with Gasteiger partial charge in [0.1, 0.15) is 0 Å². The molecule has 3 rings (SSSR count). The van der Waals surface area contributed by atoms with Crippen molar-refractivity contribution >= 4 is 10.9 Å². The van der Waals surface area contributed by atoms with Gasteiger partial charge in [-0.05, 0) is 38.9 Å². The minimum absolute atomic E-state index is 0.670. The minimum atomic E-state index is 0.670. The van der Waals surface area contributed by atoms with E-state index in [9.17, 15) is 0 Å². The molecule has 0 atom stereocenters. The second kappa shape index (κ2) is 4.49. The van der Waals surface area contributed by atoms with Gasteiger partial charge in [-0.15, -0.1) is 0 Å². The molecule has 1 aromatic heterocycles. The highest BCUT2D eigenvalue weighted by Crippen LogP contribution is 2.31. The third kappa shape index (κ3) is 1.84. The summed E-state index contributed by atoms with van der Waals surface area (Å²) in [6.07, 6.45) is 2.46. The maximum Gasteiger partial charge on any atom is 0.0926 e. The Hall–Kier alpha value is -1.35. The van der Waals surface area contributed by atoms with Gasteiger partial charge in [0.25, 0.3) is 0 Å². The van der Waals surface area contributed by atoms with E-state index in [4.69, 9.17) is 5.10 Å². The van der Waals surface area contributed by atoms with Crippen LogP contribution in [0.5, 0.6) is 0 Å². The van der Waals surface area contributed by atoms with Crippen molar-refractivity contribution in [3.05, 3.63) is 30.0 Å². The number of fused-ring (bicyclic) bond motifs is 1. The van der Waals surface area contributed by atoms with E-state index in [-0.39, 0.29) is 0 Å². The van der Waals surface area contributed by atoms with Crippen molar-refractivity contribution in [2.75, 3.05) is 13.1 Å². The monoisotopic (exact) mass is 229 g/mol. The number of benzene rings is 1. The van der Waals surface area contributed by atoms with Crippen molar-refractivity contribution in [3.63, 3.8) is 0 Å². The molecule has 2 aromatic rings. The van der Waals surface area contributed by atoms with E-state index in [0.717, 1.165) is 25.2 Å². The summed E-state index contributed by atoms with van der Waals surface area (Å²) in [5.74, 6) is 0.670. The van der Waals surface area contributed by atoms with Gasteiger partial charge in [-0.1, -0.05) is 18.2 Å². The molecule has 1 aliphatic rings. The molecule has 0 saturated carbocycles. The second-order valence-electron chi connectivity index (χ2n) is 4.74. The van der Waals surface area contributed by atoms with E-state index in [0.29, 0.717) is 5.92 Å². The van der Waals surface area contributed by atoms with Crippen LogP contribution >= 0.6 is 0 Å². The molecule has 0 bridgehead atoms. The summed E-state index contributed by atoms with van der Waals surface area (Å²) >= 11 is 0. The Morgan fingerprint density at radius 3 is 2.82 bits per heavy atom. The molecule has 3 nitrogen and oxygen atoms in total. The number of nitrogens with one attached hydrogen (secondary N) is 1. The Morgan fingerprint density at radius 1 is 1.29 bits per heavy atom. The first-order valence-corrected chi connectivity index (χ1v) is 6.56. The van der Waals surface area contributed by atoms with Crippen LogP contribution in [0, 0.1) is 0 Å². The molecule has 3 heteroatoms.